The molecule has 1 heterocycles. The quantitative estimate of drug-likeness (QED) is 0.607. The largest absolute Gasteiger partial charge is 0.478 e. The lowest BCUT2D eigenvalue weighted by molar-refractivity contribution is -0.131. The van der Waals surface area contributed by atoms with Gasteiger partial charge in [-0.2, -0.15) is 0 Å². The Hall–Kier alpha value is -3.61. The van der Waals surface area contributed by atoms with E-state index in [4.69, 9.17) is 14.8 Å². The number of nitrogens with zero attached hydrogens (tertiary/aromatic N) is 3. The molecule has 3 aromatic rings. The third-order valence-electron chi connectivity index (χ3n) is 4.56. The molecule has 0 aliphatic rings. The number of carbonyl (C=O) groups excluding carboxylic acids is 1. The van der Waals surface area contributed by atoms with Crippen molar-refractivity contribution in [1.29, 1.82) is 0 Å². The van der Waals surface area contributed by atoms with Gasteiger partial charge >= 0.3 is 12.1 Å². The van der Waals surface area contributed by atoms with Crippen LogP contribution in [0.3, 0.4) is 0 Å². The zero-order chi connectivity index (χ0) is 22.8. The monoisotopic (exact) mass is 421 g/mol. The van der Waals surface area contributed by atoms with E-state index in [2.05, 4.69) is 0 Å². The Morgan fingerprint density at radius 3 is 2.39 bits per heavy atom. The molecule has 0 aliphatic heterocycles. The van der Waals surface area contributed by atoms with Gasteiger partial charge in [-0.05, 0) is 56.2 Å². The summed E-state index contributed by atoms with van der Waals surface area (Å²) in [6, 6.07) is 13.2. The number of anilines is 1. The second kappa shape index (κ2) is 8.63. The topological polar surface area (TPSA) is 84.7 Å². The smallest absolute Gasteiger partial charge is 0.420 e. The van der Waals surface area contributed by atoms with Gasteiger partial charge in [0.25, 0.3) is 0 Å². The Labute approximate surface area is 181 Å². The minimum absolute atomic E-state index is 0.425. The van der Waals surface area contributed by atoms with E-state index in [1.54, 1.807) is 0 Å². The Balaban J connectivity index is 2.00. The van der Waals surface area contributed by atoms with E-state index in [9.17, 15) is 9.59 Å². The van der Waals surface area contributed by atoms with Crippen molar-refractivity contribution in [3.63, 3.8) is 0 Å². The van der Waals surface area contributed by atoms with E-state index in [0.29, 0.717) is 23.3 Å². The van der Waals surface area contributed by atoms with Crippen LogP contribution < -0.4 is 4.90 Å². The molecule has 0 fully saturated rings. The molecule has 0 unspecified atom stereocenters. The fourth-order valence-corrected chi connectivity index (χ4v) is 3.12. The Morgan fingerprint density at radius 2 is 1.81 bits per heavy atom. The molecule has 0 aliphatic carbocycles. The molecule has 2 aromatic carbocycles. The Bertz CT molecular complexity index is 1140. The number of aliphatic carboxylic acids is 1. The molecule has 0 saturated carbocycles. The molecule has 0 spiro atoms. The van der Waals surface area contributed by atoms with Crippen molar-refractivity contribution >= 4 is 34.9 Å². The summed E-state index contributed by atoms with van der Waals surface area (Å²) in [4.78, 5) is 30.4. The normalized spacial score (nSPS) is 11.8. The van der Waals surface area contributed by atoms with Gasteiger partial charge in [-0.1, -0.05) is 24.3 Å². The van der Waals surface area contributed by atoms with Gasteiger partial charge in [0.15, 0.2) is 0 Å². The summed E-state index contributed by atoms with van der Waals surface area (Å²) < 4.78 is 7.15. The number of aromatic nitrogens is 2. The molecule has 0 saturated heterocycles. The molecule has 0 atom stereocenters. The molecule has 7 nitrogen and oxygen atoms in total. The first kappa shape index (κ1) is 22.1. The number of carbonyl (C=O) groups is 2. The van der Waals surface area contributed by atoms with E-state index in [0.717, 1.165) is 22.9 Å². The summed E-state index contributed by atoms with van der Waals surface area (Å²) in [6.07, 6.45) is 2.58. The van der Waals surface area contributed by atoms with E-state index in [1.807, 2.05) is 82.2 Å². The molecule has 3 rings (SSSR count). The lowest BCUT2D eigenvalue weighted by Crippen LogP contribution is -2.28. The zero-order valence-corrected chi connectivity index (χ0v) is 18.4. The lowest BCUT2D eigenvalue weighted by Gasteiger charge is -2.20. The van der Waals surface area contributed by atoms with Crippen LogP contribution in [0.25, 0.3) is 17.1 Å². The van der Waals surface area contributed by atoms with E-state index < -0.39 is 17.7 Å². The number of hydrogen-bond acceptors (Lipinski definition) is 5. The maximum Gasteiger partial charge on any atom is 0.420 e. The zero-order valence-electron chi connectivity index (χ0n) is 18.4. The van der Waals surface area contributed by atoms with E-state index in [-0.39, 0.29) is 0 Å². The van der Waals surface area contributed by atoms with Crippen LogP contribution in [0, 0.1) is 0 Å². The second-order valence-electron chi connectivity index (χ2n) is 8.50. The fourth-order valence-electron chi connectivity index (χ4n) is 3.12. The summed E-state index contributed by atoms with van der Waals surface area (Å²) in [7, 11) is 3.90. The molecular formula is C24H27N3O4. The van der Waals surface area contributed by atoms with Crippen molar-refractivity contribution in [3.8, 4) is 0 Å². The highest BCUT2D eigenvalue weighted by molar-refractivity contribution is 5.89. The minimum atomic E-state index is -0.993. The Kier molecular flexibility index (Phi) is 6.15. The van der Waals surface area contributed by atoms with Crippen molar-refractivity contribution < 1.29 is 19.4 Å². The van der Waals surface area contributed by atoms with Crippen LogP contribution in [0.4, 0.5) is 10.5 Å². The molecular weight excluding hydrogens is 394 g/mol. The van der Waals surface area contributed by atoms with Crippen LogP contribution in [0.5, 0.6) is 0 Å². The van der Waals surface area contributed by atoms with Crippen molar-refractivity contribution in [2.24, 2.45) is 0 Å². The first-order chi connectivity index (χ1) is 14.5. The van der Waals surface area contributed by atoms with Gasteiger partial charge in [0.2, 0.25) is 0 Å². The van der Waals surface area contributed by atoms with Gasteiger partial charge in [-0.3, -0.25) is 0 Å². The van der Waals surface area contributed by atoms with Gasteiger partial charge in [0, 0.05) is 32.3 Å². The first-order valence-electron chi connectivity index (χ1n) is 9.95. The summed E-state index contributed by atoms with van der Waals surface area (Å²) in [5.41, 5.74) is 3.49. The van der Waals surface area contributed by atoms with Crippen LogP contribution in [0.1, 0.15) is 37.7 Å². The third-order valence-corrected chi connectivity index (χ3v) is 4.56. The van der Waals surface area contributed by atoms with Crippen molar-refractivity contribution in [2.45, 2.75) is 32.8 Å². The average molecular weight is 421 g/mol. The molecule has 7 heteroatoms. The highest BCUT2D eigenvalue weighted by Crippen LogP contribution is 2.25. The lowest BCUT2D eigenvalue weighted by atomic mass is 10.1. The molecule has 31 heavy (non-hydrogen) atoms. The summed E-state index contributed by atoms with van der Waals surface area (Å²) in [5.74, 6) is -0.416. The van der Waals surface area contributed by atoms with Crippen molar-refractivity contribution in [1.82, 2.24) is 9.55 Å². The number of hydrogen-bond donors (Lipinski definition) is 1. The van der Waals surface area contributed by atoms with Gasteiger partial charge in [0.05, 0.1) is 11.0 Å². The van der Waals surface area contributed by atoms with Gasteiger partial charge < -0.3 is 14.7 Å². The highest BCUT2D eigenvalue weighted by Gasteiger charge is 2.23. The van der Waals surface area contributed by atoms with Crippen molar-refractivity contribution in [3.05, 3.63) is 65.5 Å². The van der Waals surface area contributed by atoms with Crippen molar-refractivity contribution in [2.75, 3.05) is 19.0 Å². The fraction of sp³-hybridized carbons (Fsp3) is 0.292. The molecule has 162 valence electrons. The molecule has 0 radical (unpaired) electrons. The Morgan fingerprint density at radius 1 is 1.13 bits per heavy atom. The number of benzene rings is 2. The number of ether oxygens (including phenoxy) is 1. The van der Waals surface area contributed by atoms with E-state index >= 15 is 0 Å². The van der Waals surface area contributed by atoms with Crippen LogP contribution >= 0.6 is 0 Å². The number of carboxylic acid groups (broad SMARTS) is 1. The predicted molar refractivity (Wildman–Crippen MR) is 122 cm³/mol. The van der Waals surface area contributed by atoms with E-state index in [1.165, 1.54) is 10.6 Å². The highest BCUT2D eigenvalue weighted by atomic mass is 16.6. The van der Waals surface area contributed by atoms with Crippen LogP contribution in [0.2, 0.25) is 0 Å². The minimum Gasteiger partial charge on any atom is -0.478 e. The van der Waals surface area contributed by atoms with Crippen LogP contribution in [-0.4, -0.2) is 46.4 Å². The summed E-state index contributed by atoms with van der Waals surface area (Å²) in [5, 5.41) is 8.77. The first-order valence-corrected chi connectivity index (χ1v) is 9.95. The molecule has 0 amide bonds. The van der Waals surface area contributed by atoms with Crippen LogP contribution in [0.15, 0.2) is 48.5 Å². The second-order valence-corrected chi connectivity index (χ2v) is 8.50. The standard InChI is InChI=1S/C24H27N3O4/c1-24(2,3)31-23(30)27-20-12-11-18(26(4)5)15-19(20)25-21(27)14-17-8-6-16(7-9-17)10-13-22(28)29/h6-13,15H,14H2,1-5H3,(H,28,29). The van der Waals surface area contributed by atoms with Crippen LogP contribution in [-0.2, 0) is 16.0 Å². The molecule has 1 N–H and O–H groups in total. The summed E-state index contributed by atoms with van der Waals surface area (Å²) >= 11 is 0. The van der Waals surface area contributed by atoms with Gasteiger partial charge in [-0.15, -0.1) is 0 Å². The maximum atomic E-state index is 13.0. The third kappa shape index (κ3) is 5.51. The number of rotatable bonds is 5. The maximum absolute atomic E-state index is 13.0. The van der Waals surface area contributed by atoms with Gasteiger partial charge in [-0.25, -0.2) is 19.1 Å². The molecule has 1 aromatic heterocycles. The predicted octanol–water partition coefficient (Wildman–Crippen LogP) is 4.57. The number of carboxylic acids is 1. The van der Waals surface area contributed by atoms with Gasteiger partial charge in [0.1, 0.15) is 11.4 Å². The number of fused-ring (bicyclic) bond motifs is 1. The number of imidazole rings is 1. The average Bonchev–Trinajstić information content (AvgIpc) is 3.03. The summed E-state index contributed by atoms with van der Waals surface area (Å²) in [6.45, 7) is 5.49. The molecule has 0 bridgehead atoms. The SMILES string of the molecule is CN(C)c1ccc2c(c1)nc(Cc1ccc(C=CC(=O)O)cc1)n2C(=O)OC(C)(C)C.